The maximum absolute atomic E-state index is 13.2. The summed E-state index contributed by atoms with van der Waals surface area (Å²) in [5, 5.41) is 0.981. The van der Waals surface area contributed by atoms with Crippen LogP contribution >= 0.6 is 0 Å². The lowest BCUT2D eigenvalue weighted by Gasteiger charge is -2.29. The normalized spacial score (nSPS) is 15.3. The van der Waals surface area contributed by atoms with Crippen molar-refractivity contribution >= 4 is 16.9 Å². The van der Waals surface area contributed by atoms with Crippen LogP contribution in [0, 0.1) is 11.7 Å². The standard InChI is InChI=1S/C20H20FN3O/c1-24(19(13-4-5-13)14-6-8-16(21)9-7-14)18(25)11-15-12-23-20-17(15)3-2-10-22-20/h2-3,6-10,12-13,19H,4-5,11H2,1H3,(H,22,23). The van der Waals surface area contributed by atoms with Crippen molar-refractivity contribution in [1.82, 2.24) is 14.9 Å². The quantitative estimate of drug-likeness (QED) is 0.769. The van der Waals surface area contributed by atoms with E-state index in [9.17, 15) is 9.18 Å². The lowest BCUT2D eigenvalue weighted by molar-refractivity contribution is -0.131. The second-order valence-corrected chi connectivity index (χ2v) is 6.73. The van der Waals surface area contributed by atoms with Crippen LogP contribution < -0.4 is 0 Å². The largest absolute Gasteiger partial charge is 0.346 e. The summed E-state index contributed by atoms with van der Waals surface area (Å²) >= 11 is 0. The molecule has 1 saturated carbocycles. The van der Waals surface area contributed by atoms with Crippen LogP contribution in [0.15, 0.2) is 48.8 Å². The minimum absolute atomic E-state index is 0.0106. The van der Waals surface area contributed by atoms with Crippen molar-refractivity contribution < 1.29 is 9.18 Å². The number of halogens is 1. The Bertz CT molecular complexity index is 899. The van der Waals surface area contributed by atoms with Crippen molar-refractivity contribution in [3.63, 3.8) is 0 Å². The predicted octanol–water partition coefficient (Wildman–Crippen LogP) is 3.85. The van der Waals surface area contributed by atoms with Gasteiger partial charge in [-0.15, -0.1) is 0 Å². The first-order chi connectivity index (χ1) is 12.1. The first kappa shape index (κ1) is 15.8. The number of pyridine rings is 1. The zero-order chi connectivity index (χ0) is 17.4. The number of hydrogen-bond donors (Lipinski definition) is 1. The van der Waals surface area contributed by atoms with Crippen molar-refractivity contribution in [3.8, 4) is 0 Å². The fourth-order valence-corrected chi connectivity index (χ4v) is 3.49. The van der Waals surface area contributed by atoms with Crippen molar-refractivity contribution in [2.75, 3.05) is 7.05 Å². The minimum atomic E-state index is -0.251. The third kappa shape index (κ3) is 3.14. The minimum Gasteiger partial charge on any atom is -0.346 e. The Morgan fingerprint density at radius 1 is 1.32 bits per heavy atom. The van der Waals surface area contributed by atoms with Crippen LogP contribution in [-0.2, 0) is 11.2 Å². The number of likely N-dealkylation sites (N-methyl/N-ethyl adjacent to an activating group) is 1. The van der Waals surface area contributed by atoms with Crippen LogP contribution in [0.5, 0.6) is 0 Å². The summed E-state index contributed by atoms with van der Waals surface area (Å²) in [4.78, 5) is 22.1. The second-order valence-electron chi connectivity index (χ2n) is 6.73. The van der Waals surface area contributed by atoms with Gasteiger partial charge in [-0.2, -0.15) is 0 Å². The molecule has 1 unspecified atom stereocenters. The highest BCUT2D eigenvalue weighted by Gasteiger charge is 2.36. The van der Waals surface area contributed by atoms with E-state index in [1.807, 2.05) is 30.3 Å². The summed E-state index contributed by atoms with van der Waals surface area (Å²) in [6.07, 6.45) is 6.13. The number of fused-ring (bicyclic) bond motifs is 1. The highest BCUT2D eigenvalue weighted by molar-refractivity contribution is 5.87. The molecule has 2 aromatic heterocycles. The molecule has 4 nitrogen and oxygen atoms in total. The van der Waals surface area contributed by atoms with E-state index in [2.05, 4.69) is 9.97 Å². The molecule has 0 spiro atoms. The highest BCUT2D eigenvalue weighted by atomic mass is 19.1. The van der Waals surface area contributed by atoms with Crippen molar-refractivity contribution in [2.24, 2.45) is 5.92 Å². The zero-order valence-electron chi connectivity index (χ0n) is 14.1. The van der Waals surface area contributed by atoms with E-state index in [0.29, 0.717) is 12.3 Å². The number of carbonyl (C=O) groups is 1. The molecule has 0 aliphatic heterocycles. The highest BCUT2D eigenvalue weighted by Crippen LogP contribution is 2.44. The number of nitrogens with zero attached hydrogens (tertiary/aromatic N) is 2. The summed E-state index contributed by atoms with van der Waals surface area (Å²) in [5.74, 6) is 0.272. The van der Waals surface area contributed by atoms with E-state index in [4.69, 9.17) is 0 Å². The second kappa shape index (κ2) is 6.31. The number of aromatic nitrogens is 2. The fraction of sp³-hybridized carbons (Fsp3) is 0.300. The maximum Gasteiger partial charge on any atom is 0.227 e. The molecule has 1 fully saturated rings. The molecule has 1 aliphatic rings. The third-order valence-electron chi connectivity index (χ3n) is 4.97. The van der Waals surface area contributed by atoms with Crippen LogP contribution in [0.1, 0.15) is 30.0 Å². The van der Waals surface area contributed by atoms with Gasteiger partial charge in [0.25, 0.3) is 0 Å². The van der Waals surface area contributed by atoms with Gasteiger partial charge in [0.05, 0.1) is 12.5 Å². The average molecular weight is 337 g/mol. The van der Waals surface area contributed by atoms with E-state index >= 15 is 0 Å². The number of nitrogens with one attached hydrogen (secondary N) is 1. The Balaban J connectivity index is 1.56. The summed E-state index contributed by atoms with van der Waals surface area (Å²) in [6.45, 7) is 0. The molecule has 1 aliphatic carbocycles. The molecule has 25 heavy (non-hydrogen) atoms. The number of amides is 1. The van der Waals surface area contributed by atoms with Crippen molar-refractivity contribution in [3.05, 3.63) is 65.7 Å². The van der Waals surface area contributed by atoms with Crippen LogP contribution in [0.4, 0.5) is 4.39 Å². The first-order valence-electron chi connectivity index (χ1n) is 8.55. The lowest BCUT2D eigenvalue weighted by Crippen LogP contribution is -2.33. The monoisotopic (exact) mass is 337 g/mol. The Hall–Kier alpha value is -2.69. The number of H-pyrrole nitrogens is 1. The SMILES string of the molecule is CN(C(=O)Cc1c[nH]c2ncccc12)C(c1ccc(F)cc1)C1CC1. The molecule has 5 heteroatoms. The number of aromatic amines is 1. The molecule has 0 saturated heterocycles. The molecule has 0 bridgehead atoms. The number of carbonyl (C=O) groups excluding carboxylic acids is 1. The van der Waals surface area contributed by atoms with Gasteiger partial charge in [-0.1, -0.05) is 12.1 Å². The van der Waals surface area contributed by atoms with Crippen LogP contribution in [0.3, 0.4) is 0 Å². The molecule has 1 atom stereocenters. The van der Waals surface area contributed by atoms with E-state index in [-0.39, 0.29) is 17.8 Å². The lowest BCUT2D eigenvalue weighted by atomic mass is 10.00. The molecule has 2 heterocycles. The maximum atomic E-state index is 13.2. The molecule has 4 rings (SSSR count). The molecular formula is C20H20FN3O. The summed E-state index contributed by atoms with van der Waals surface area (Å²) in [7, 11) is 1.85. The molecule has 3 aromatic rings. The Kier molecular flexibility index (Phi) is 3.99. The van der Waals surface area contributed by atoms with E-state index in [0.717, 1.165) is 35.0 Å². The van der Waals surface area contributed by atoms with Crippen LogP contribution in [0.2, 0.25) is 0 Å². The first-order valence-corrected chi connectivity index (χ1v) is 8.55. The van der Waals surface area contributed by atoms with Gasteiger partial charge < -0.3 is 9.88 Å². The molecule has 0 radical (unpaired) electrons. The van der Waals surface area contributed by atoms with Gasteiger partial charge in [0, 0.05) is 24.8 Å². The number of benzene rings is 1. The van der Waals surface area contributed by atoms with Gasteiger partial charge in [-0.05, 0) is 54.2 Å². The van der Waals surface area contributed by atoms with Gasteiger partial charge in [0.15, 0.2) is 0 Å². The van der Waals surface area contributed by atoms with Crippen LogP contribution in [-0.4, -0.2) is 27.8 Å². The average Bonchev–Trinajstić information content (AvgIpc) is 3.38. The predicted molar refractivity (Wildman–Crippen MR) is 94.4 cm³/mol. The third-order valence-corrected chi connectivity index (χ3v) is 4.97. The van der Waals surface area contributed by atoms with Crippen molar-refractivity contribution in [1.29, 1.82) is 0 Å². The van der Waals surface area contributed by atoms with Gasteiger partial charge in [0.1, 0.15) is 11.5 Å². The Morgan fingerprint density at radius 2 is 2.08 bits per heavy atom. The van der Waals surface area contributed by atoms with E-state index < -0.39 is 0 Å². The van der Waals surface area contributed by atoms with E-state index in [1.165, 1.54) is 12.1 Å². The Morgan fingerprint density at radius 3 is 2.80 bits per heavy atom. The van der Waals surface area contributed by atoms with Crippen molar-refractivity contribution in [2.45, 2.75) is 25.3 Å². The van der Waals surface area contributed by atoms with Crippen LogP contribution in [0.25, 0.3) is 11.0 Å². The van der Waals surface area contributed by atoms with E-state index in [1.54, 1.807) is 18.3 Å². The number of rotatable bonds is 5. The molecule has 1 amide bonds. The smallest absolute Gasteiger partial charge is 0.227 e. The van der Waals surface area contributed by atoms with Gasteiger partial charge >= 0.3 is 0 Å². The van der Waals surface area contributed by atoms with Gasteiger partial charge in [0.2, 0.25) is 5.91 Å². The van der Waals surface area contributed by atoms with Gasteiger partial charge in [-0.25, -0.2) is 9.37 Å². The molecule has 128 valence electrons. The summed E-state index contributed by atoms with van der Waals surface area (Å²) in [6, 6.07) is 10.4. The molecule has 1 N–H and O–H groups in total. The topological polar surface area (TPSA) is 49.0 Å². The number of hydrogen-bond acceptors (Lipinski definition) is 2. The zero-order valence-corrected chi connectivity index (χ0v) is 14.1. The molecule has 1 aromatic carbocycles. The Labute approximate surface area is 145 Å². The molecular weight excluding hydrogens is 317 g/mol. The fourth-order valence-electron chi connectivity index (χ4n) is 3.49. The summed E-state index contributed by atoms with van der Waals surface area (Å²) < 4.78 is 13.2. The summed E-state index contributed by atoms with van der Waals surface area (Å²) in [5.41, 5.74) is 2.75. The van der Waals surface area contributed by atoms with Gasteiger partial charge in [-0.3, -0.25) is 4.79 Å².